The molecule has 0 aliphatic heterocycles. The summed E-state index contributed by atoms with van der Waals surface area (Å²) in [5.41, 5.74) is 0.400. The van der Waals surface area contributed by atoms with Crippen molar-refractivity contribution in [3.05, 3.63) is 65.5 Å². The van der Waals surface area contributed by atoms with Crippen molar-refractivity contribution in [1.82, 2.24) is 5.32 Å². The number of nitrogens with zero attached hydrogens (tertiary/aromatic N) is 1. The molecule has 0 spiro atoms. The van der Waals surface area contributed by atoms with Crippen LogP contribution in [-0.4, -0.2) is 13.7 Å². The number of rotatable bonds is 5. The van der Waals surface area contributed by atoms with Crippen molar-refractivity contribution in [2.75, 3.05) is 13.7 Å². The van der Waals surface area contributed by atoms with Gasteiger partial charge in [-0.25, -0.2) is 4.39 Å². The summed E-state index contributed by atoms with van der Waals surface area (Å²) in [6, 6.07) is 16.2. The third kappa shape index (κ3) is 3.21. The summed E-state index contributed by atoms with van der Waals surface area (Å²) in [5, 5.41) is 12.6. The normalized spacial score (nSPS) is 13.2. The van der Waals surface area contributed by atoms with Crippen LogP contribution in [0.25, 0.3) is 0 Å². The molecule has 0 saturated carbocycles. The Kier molecular flexibility index (Phi) is 4.56. The second kappa shape index (κ2) is 6.38. The Labute approximate surface area is 124 Å². The molecule has 1 N–H and O–H groups in total. The molecule has 0 radical (unpaired) electrons. The molecule has 0 heterocycles. The summed E-state index contributed by atoms with van der Waals surface area (Å²) in [4.78, 5) is 0. The highest BCUT2D eigenvalue weighted by atomic mass is 19.1. The van der Waals surface area contributed by atoms with E-state index in [0.717, 1.165) is 5.56 Å². The Morgan fingerprint density at radius 2 is 1.95 bits per heavy atom. The smallest absolute Gasteiger partial charge is 0.166 e. The van der Waals surface area contributed by atoms with Gasteiger partial charge in [0.05, 0.1) is 6.07 Å². The van der Waals surface area contributed by atoms with Gasteiger partial charge in [0, 0.05) is 0 Å². The van der Waals surface area contributed by atoms with E-state index >= 15 is 0 Å². The van der Waals surface area contributed by atoms with E-state index in [1.54, 1.807) is 26.1 Å². The number of nitrogens with one attached hydrogen (secondary N) is 1. The fourth-order valence-corrected chi connectivity index (χ4v) is 2.07. The Morgan fingerprint density at radius 1 is 1.24 bits per heavy atom. The third-order valence-corrected chi connectivity index (χ3v) is 3.47. The molecular formula is C17H17FN2O. The SMILES string of the molecule is CNC(C#N)(COc1ccc(F)c(C)c1)c1ccccc1. The van der Waals surface area contributed by atoms with E-state index < -0.39 is 5.54 Å². The van der Waals surface area contributed by atoms with E-state index in [2.05, 4.69) is 11.4 Å². The second-order valence-corrected chi connectivity index (χ2v) is 4.83. The van der Waals surface area contributed by atoms with Crippen LogP contribution >= 0.6 is 0 Å². The molecule has 1 atom stereocenters. The van der Waals surface area contributed by atoms with Gasteiger partial charge in [0.1, 0.15) is 18.2 Å². The first-order valence-electron chi connectivity index (χ1n) is 6.66. The van der Waals surface area contributed by atoms with E-state index in [1.807, 2.05) is 30.3 Å². The Morgan fingerprint density at radius 3 is 2.52 bits per heavy atom. The lowest BCUT2D eigenvalue weighted by atomic mass is 9.92. The third-order valence-electron chi connectivity index (χ3n) is 3.47. The van der Waals surface area contributed by atoms with Crippen LogP contribution < -0.4 is 10.1 Å². The number of likely N-dealkylation sites (N-methyl/N-ethyl adjacent to an activating group) is 1. The van der Waals surface area contributed by atoms with Gasteiger partial charge in [-0.3, -0.25) is 5.32 Å². The van der Waals surface area contributed by atoms with Crippen LogP contribution in [0.3, 0.4) is 0 Å². The van der Waals surface area contributed by atoms with Crippen molar-refractivity contribution >= 4 is 0 Å². The molecule has 0 aromatic heterocycles. The zero-order valence-corrected chi connectivity index (χ0v) is 12.1. The molecule has 1 unspecified atom stereocenters. The van der Waals surface area contributed by atoms with Crippen molar-refractivity contribution in [3.8, 4) is 11.8 Å². The molecule has 0 fully saturated rings. The number of nitriles is 1. The van der Waals surface area contributed by atoms with E-state index in [4.69, 9.17) is 4.74 Å². The zero-order valence-electron chi connectivity index (χ0n) is 12.1. The molecule has 2 aromatic carbocycles. The highest BCUT2D eigenvalue weighted by Crippen LogP contribution is 2.23. The lowest BCUT2D eigenvalue weighted by molar-refractivity contribution is 0.230. The highest BCUT2D eigenvalue weighted by Gasteiger charge is 2.31. The van der Waals surface area contributed by atoms with Crippen LogP contribution in [0, 0.1) is 24.1 Å². The number of halogens is 1. The van der Waals surface area contributed by atoms with Crippen LogP contribution in [0.5, 0.6) is 5.75 Å². The number of aryl methyl sites for hydroxylation is 1. The maximum Gasteiger partial charge on any atom is 0.166 e. The fraction of sp³-hybridized carbons (Fsp3) is 0.235. The lowest BCUT2D eigenvalue weighted by Gasteiger charge is -2.26. The quantitative estimate of drug-likeness (QED) is 0.917. The van der Waals surface area contributed by atoms with Gasteiger partial charge in [-0.1, -0.05) is 30.3 Å². The van der Waals surface area contributed by atoms with E-state index in [-0.39, 0.29) is 12.4 Å². The molecule has 0 aliphatic rings. The fourth-order valence-electron chi connectivity index (χ4n) is 2.07. The van der Waals surface area contributed by atoms with Crippen LogP contribution in [-0.2, 0) is 5.54 Å². The van der Waals surface area contributed by atoms with Gasteiger partial charge in [-0.15, -0.1) is 0 Å². The molecule has 0 amide bonds. The van der Waals surface area contributed by atoms with Crippen molar-refractivity contribution in [2.24, 2.45) is 0 Å². The lowest BCUT2D eigenvalue weighted by Crippen LogP contribution is -2.44. The zero-order chi connectivity index (χ0) is 15.3. The first kappa shape index (κ1) is 15.0. The van der Waals surface area contributed by atoms with Crippen LogP contribution in [0.15, 0.2) is 48.5 Å². The highest BCUT2D eigenvalue weighted by molar-refractivity contribution is 5.33. The first-order chi connectivity index (χ1) is 10.1. The number of benzene rings is 2. The molecule has 0 saturated heterocycles. The minimum Gasteiger partial charge on any atom is -0.490 e. The average Bonchev–Trinajstić information content (AvgIpc) is 2.53. The largest absolute Gasteiger partial charge is 0.490 e. The molecule has 0 aliphatic carbocycles. The Balaban J connectivity index is 2.21. The molecule has 108 valence electrons. The molecule has 21 heavy (non-hydrogen) atoms. The van der Waals surface area contributed by atoms with Gasteiger partial charge in [-0.05, 0) is 43.3 Å². The van der Waals surface area contributed by atoms with E-state index in [9.17, 15) is 9.65 Å². The maximum absolute atomic E-state index is 13.2. The van der Waals surface area contributed by atoms with Gasteiger partial charge in [0.2, 0.25) is 0 Å². The number of hydrogen-bond acceptors (Lipinski definition) is 3. The van der Waals surface area contributed by atoms with Gasteiger partial charge in [0.15, 0.2) is 5.54 Å². The van der Waals surface area contributed by atoms with Gasteiger partial charge in [0.25, 0.3) is 0 Å². The van der Waals surface area contributed by atoms with Crippen molar-refractivity contribution in [3.63, 3.8) is 0 Å². The van der Waals surface area contributed by atoms with Crippen molar-refractivity contribution in [2.45, 2.75) is 12.5 Å². The Hall–Kier alpha value is -2.38. The standard InChI is InChI=1S/C17H17FN2O/c1-13-10-15(8-9-16(13)18)21-12-17(11-19,20-2)14-6-4-3-5-7-14/h3-10,20H,12H2,1-2H3. The molecule has 0 bridgehead atoms. The van der Waals surface area contributed by atoms with Gasteiger partial charge in [-0.2, -0.15) is 5.26 Å². The molecular weight excluding hydrogens is 267 g/mol. The van der Waals surface area contributed by atoms with E-state index in [0.29, 0.717) is 11.3 Å². The molecule has 2 rings (SSSR count). The Bertz CT molecular complexity index is 652. The first-order valence-corrected chi connectivity index (χ1v) is 6.66. The minimum absolute atomic E-state index is 0.134. The van der Waals surface area contributed by atoms with Crippen molar-refractivity contribution in [1.29, 1.82) is 5.26 Å². The number of hydrogen-bond donors (Lipinski definition) is 1. The summed E-state index contributed by atoms with van der Waals surface area (Å²) < 4.78 is 18.9. The summed E-state index contributed by atoms with van der Waals surface area (Å²) in [6.07, 6.45) is 0. The monoisotopic (exact) mass is 284 g/mol. The predicted molar refractivity (Wildman–Crippen MR) is 79.4 cm³/mol. The van der Waals surface area contributed by atoms with Gasteiger partial charge < -0.3 is 4.74 Å². The maximum atomic E-state index is 13.2. The van der Waals surface area contributed by atoms with Crippen molar-refractivity contribution < 1.29 is 9.13 Å². The average molecular weight is 284 g/mol. The summed E-state index contributed by atoms with van der Waals surface area (Å²) in [6.45, 7) is 1.81. The summed E-state index contributed by atoms with van der Waals surface area (Å²) in [5.74, 6) is 0.269. The topological polar surface area (TPSA) is 45.0 Å². The second-order valence-electron chi connectivity index (χ2n) is 4.83. The predicted octanol–water partition coefficient (Wildman–Crippen LogP) is 3.15. The summed E-state index contributed by atoms with van der Waals surface area (Å²) >= 11 is 0. The molecule has 3 nitrogen and oxygen atoms in total. The van der Waals surface area contributed by atoms with E-state index in [1.165, 1.54) is 6.07 Å². The molecule has 4 heteroatoms. The minimum atomic E-state index is -0.941. The number of ether oxygens (including phenoxy) is 1. The summed E-state index contributed by atoms with van der Waals surface area (Å²) in [7, 11) is 1.72. The van der Waals surface area contributed by atoms with Gasteiger partial charge >= 0.3 is 0 Å². The van der Waals surface area contributed by atoms with Crippen LogP contribution in [0.1, 0.15) is 11.1 Å². The van der Waals surface area contributed by atoms with Crippen LogP contribution in [0.4, 0.5) is 4.39 Å². The van der Waals surface area contributed by atoms with Crippen LogP contribution in [0.2, 0.25) is 0 Å². The molecule has 2 aromatic rings.